The molecule has 2 nitrogen and oxygen atoms in total. The van der Waals surface area contributed by atoms with Gasteiger partial charge in [-0.1, -0.05) is 20.8 Å². The van der Waals surface area contributed by atoms with E-state index < -0.39 is 0 Å². The molecule has 1 heterocycles. The number of aliphatic hydroxyl groups excluding tert-OH is 1. The lowest BCUT2D eigenvalue weighted by Crippen LogP contribution is -2.26. The largest absolute Gasteiger partial charge is 0.490 e. The lowest BCUT2D eigenvalue weighted by Gasteiger charge is -2.26. The maximum absolute atomic E-state index is 13.1. The van der Waals surface area contributed by atoms with Gasteiger partial charge in [-0.2, -0.15) is 0 Å². The van der Waals surface area contributed by atoms with E-state index in [2.05, 4.69) is 0 Å². The van der Waals surface area contributed by atoms with E-state index in [9.17, 15) is 9.50 Å². The van der Waals surface area contributed by atoms with Crippen LogP contribution in [0, 0.1) is 11.2 Å². The zero-order valence-electron chi connectivity index (χ0n) is 11.9. The van der Waals surface area contributed by atoms with Crippen LogP contribution in [0.2, 0.25) is 0 Å². The second kappa shape index (κ2) is 5.49. The molecule has 2 rings (SSSR count). The Hall–Kier alpha value is -1.09. The molecule has 0 spiro atoms. The first-order chi connectivity index (χ1) is 8.86. The fraction of sp³-hybridized carbons (Fsp3) is 0.625. The lowest BCUT2D eigenvalue weighted by molar-refractivity contribution is 0.0508. The molecule has 2 unspecified atom stereocenters. The van der Waals surface area contributed by atoms with Gasteiger partial charge >= 0.3 is 0 Å². The van der Waals surface area contributed by atoms with E-state index in [-0.39, 0.29) is 23.4 Å². The van der Waals surface area contributed by atoms with Crippen LogP contribution < -0.4 is 4.74 Å². The molecule has 0 aliphatic carbocycles. The van der Waals surface area contributed by atoms with E-state index in [0.717, 1.165) is 37.0 Å². The quantitative estimate of drug-likeness (QED) is 0.900. The van der Waals surface area contributed by atoms with Crippen molar-refractivity contribution in [1.29, 1.82) is 0 Å². The minimum atomic E-state index is -0.284. The number of hydrogen-bond donors (Lipinski definition) is 1. The highest BCUT2D eigenvalue weighted by molar-refractivity contribution is 5.37. The molecule has 1 N–H and O–H groups in total. The van der Waals surface area contributed by atoms with Crippen LogP contribution in [0.4, 0.5) is 4.39 Å². The van der Waals surface area contributed by atoms with E-state index in [4.69, 9.17) is 4.74 Å². The Morgan fingerprint density at radius 1 is 1.42 bits per heavy atom. The second-order valence-electron chi connectivity index (χ2n) is 6.51. The topological polar surface area (TPSA) is 29.5 Å². The molecular weight excluding hydrogens is 243 g/mol. The number of rotatable bonds is 4. The highest BCUT2D eigenvalue weighted by Gasteiger charge is 2.25. The third-order valence-corrected chi connectivity index (χ3v) is 3.77. The third kappa shape index (κ3) is 3.69. The van der Waals surface area contributed by atoms with Crippen molar-refractivity contribution in [2.45, 2.75) is 58.7 Å². The summed E-state index contributed by atoms with van der Waals surface area (Å²) < 4.78 is 18.9. The average Bonchev–Trinajstić information content (AvgIpc) is 2.69. The van der Waals surface area contributed by atoms with Gasteiger partial charge < -0.3 is 9.84 Å². The van der Waals surface area contributed by atoms with Crippen LogP contribution in [0.15, 0.2) is 18.2 Å². The smallest absolute Gasteiger partial charge is 0.123 e. The predicted octanol–water partition coefficient (Wildman–Crippen LogP) is 3.71. The summed E-state index contributed by atoms with van der Waals surface area (Å²) in [5, 5.41) is 9.98. The third-order valence-electron chi connectivity index (χ3n) is 3.77. The highest BCUT2D eigenvalue weighted by atomic mass is 19.1. The predicted molar refractivity (Wildman–Crippen MR) is 73.8 cm³/mol. The molecular formula is C16H23FO2. The number of halogens is 1. The molecule has 0 radical (unpaired) electrons. The van der Waals surface area contributed by atoms with Gasteiger partial charge in [-0.15, -0.1) is 0 Å². The average molecular weight is 266 g/mol. The van der Waals surface area contributed by atoms with Crippen molar-refractivity contribution in [3.63, 3.8) is 0 Å². The molecule has 2 atom stereocenters. The summed E-state index contributed by atoms with van der Waals surface area (Å²) in [5.74, 6) is 0.605. The molecule has 1 aromatic rings. The van der Waals surface area contributed by atoms with Gasteiger partial charge in [0.15, 0.2) is 0 Å². The molecule has 106 valence electrons. The number of ether oxygens (including phenoxy) is 1. The van der Waals surface area contributed by atoms with E-state index in [1.54, 1.807) is 12.1 Å². The Morgan fingerprint density at radius 2 is 2.16 bits per heavy atom. The number of hydrogen-bond acceptors (Lipinski definition) is 2. The van der Waals surface area contributed by atoms with Gasteiger partial charge in [-0.25, -0.2) is 4.39 Å². The summed E-state index contributed by atoms with van der Waals surface area (Å²) in [6.07, 6.45) is 3.24. The van der Waals surface area contributed by atoms with Crippen molar-refractivity contribution in [1.82, 2.24) is 0 Å². The first kappa shape index (κ1) is 14.3. The molecule has 19 heavy (non-hydrogen) atoms. The number of aliphatic hydroxyl groups is 1. The van der Waals surface area contributed by atoms with Crippen LogP contribution in [-0.2, 0) is 6.42 Å². The molecule has 0 amide bonds. The minimum Gasteiger partial charge on any atom is -0.490 e. The van der Waals surface area contributed by atoms with Crippen LogP contribution in [0.3, 0.4) is 0 Å². The van der Waals surface area contributed by atoms with Crippen molar-refractivity contribution < 1.29 is 14.2 Å². The van der Waals surface area contributed by atoms with E-state index in [1.165, 1.54) is 6.07 Å². The van der Waals surface area contributed by atoms with Crippen molar-refractivity contribution in [2.75, 3.05) is 0 Å². The van der Waals surface area contributed by atoms with Crippen LogP contribution in [0.5, 0.6) is 5.75 Å². The van der Waals surface area contributed by atoms with E-state index in [1.807, 2.05) is 20.8 Å². The van der Waals surface area contributed by atoms with Crippen molar-refractivity contribution in [3.05, 3.63) is 29.6 Å². The Balaban J connectivity index is 1.78. The van der Waals surface area contributed by atoms with Crippen molar-refractivity contribution in [3.8, 4) is 5.75 Å². The fourth-order valence-electron chi connectivity index (χ4n) is 2.42. The molecule has 0 fully saturated rings. The SMILES string of the molecule is CC(C)(C)C(O)CCCC1Cc2cc(F)ccc2O1. The van der Waals surface area contributed by atoms with Gasteiger partial charge in [-0.05, 0) is 42.9 Å². The zero-order chi connectivity index (χ0) is 14.0. The second-order valence-corrected chi connectivity index (χ2v) is 6.51. The first-order valence-electron chi connectivity index (χ1n) is 6.99. The molecule has 0 saturated carbocycles. The first-order valence-corrected chi connectivity index (χ1v) is 6.99. The van der Waals surface area contributed by atoms with Gasteiger partial charge in [0, 0.05) is 12.0 Å². The summed E-state index contributed by atoms with van der Waals surface area (Å²) in [7, 11) is 0. The molecule has 1 aliphatic heterocycles. The van der Waals surface area contributed by atoms with Gasteiger partial charge in [0.25, 0.3) is 0 Å². The lowest BCUT2D eigenvalue weighted by atomic mass is 9.86. The summed E-state index contributed by atoms with van der Waals surface area (Å²) in [6.45, 7) is 6.13. The molecule has 0 aromatic heterocycles. The van der Waals surface area contributed by atoms with Crippen LogP contribution in [0.25, 0.3) is 0 Å². The van der Waals surface area contributed by atoms with Gasteiger partial charge in [0.1, 0.15) is 17.7 Å². The normalized spacial score (nSPS) is 19.9. The number of benzene rings is 1. The van der Waals surface area contributed by atoms with Crippen LogP contribution in [0.1, 0.15) is 45.6 Å². The summed E-state index contributed by atoms with van der Waals surface area (Å²) in [4.78, 5) is 0. The summed E-state index contributed by atoms with van der Waals surface area (Å²) in [6, 6.07) is 4.69. The summed E-state index contributed by atoms with van der Waals surface area (Å²) >= 11 is 0. The Bertz CT molecular complexity index is 437. The van der Waals surface area contributed by atoms with Crippen LogP contribution in [-0.4, -0.2) is 17.3 Å². The molecule has 0 bridgehead atoms. The summed E-state index contributed by atoms with van der Waals surface area (Å²) in [5.41, 5.74) is 0.893. The maximum Gasteiger partial charge on any atom is 0.123 e. The Kier molecular flexibility index (Phi) is 4.14. The maximum atomic E-state index is 13.1. The van der Waals surface area contributed by atoms with Crippen molar-refractivity contribution >= 4 is 0 Å². The van der Waals surface area contributed by atoms with Gasteiger partial charge in [0.05, 0.1) is 6.10 Å². The number of fused-ring (bicyclic) bond motifs is 1. The van der Waals surface area contributed by atoms with Gasteiger partial charge in [-0.3, -0.25) is 0 Å². The monoisotopic (exact) mass is 266 g/mol. The molecule has 1 aliphatic rings. The van der Waals surface area contributed by atoms with Crippen molar-refractivity contribution in [2.24, 2.45) is 5.41 Å². The Morgan fingerprint density at radius 3 is 2.84 bits per heavy atom. The molecule has 0 saturated heterocycles. The zero-order valence-corrected chi connectivity index (χ0v) is 11.9. The van der Waals surface area contributed by atoms with E-state index in [0.29, 0.717) is 0 Å². The van der Waals surface area contributed by atoms with E-state index >= 15 is 0 Å². The standard InChI is InChI=1S/C16H23FO2/c1-16(2,3)15(18)6-4-5-13-10-11-9-12(17)7-8-14(11)19-13/h7-9,13,15,18H,4-6,10H2,1-3H3. The minimum absolute atomic E-state index is 0.0668. The highest BCUT2D eigenvalue weighted by Crippen LogP contribution is 2.32. The molecule has 1 aromatic carbocycles. The fourth-order valence-corrected chi connectivity index (χ4v) is 2.42. The van der Waals surface area contributed by atoms with Crippen LogP contribution >= 0.6 is 0 Å². The molecule has 3 heteroatoms. The van der Waals surface area contributed by atoms with Gasteiger partial charge in [0.2, 0.25) is 0 Å². The Labute approximate surface area is 114 Å².